The molecule has 1 aromatic rings. The predicted molar refractivity (Wildman–Crippen MR) is 72.9 cm³/mol. The zero-order valence-electron chi connectivity index (χ0n) is 11.4. The molecule has 19 heavy (non-hydrogen) atoms. The smallest absolute Gasteiger partial charge is 0.335 e. The Labute approximate surface area is 113 Å². The van der Waals surface area contributed by atoms with Crippen molar-refractivity contribution in [1.29, 1.82) is 0 Å². The van der Waals surface area contributed by atoms with E-state index in [2.05, 4.69) is 12.2 Å². The topological polar surface area (TPSA) is 67.8 Å². The number of hydrogen-bond acceptors (Lipinski definition) is 4. The number of carbonyl (C=O) groups is 1. The van der Waals surface area contributed by atoms with Gasteiger partial charge in [0.05, 0.1) is 5.56 Å². The Morgan fingerprint density at radius 2 is 2.21 bits per heavy atom. The van der Waals surface area contributed by atoms with Crippen molar-refractivity contribution in [2.45, 2.75) is 19.4 Å². The summed E-state index contributed by atoms with van der Waals surface area (Å²) in [6.45, 7) is 4.03. The van der Waals surface area contributed by atoms with Gasteiger partial charge in [-0.05, 0) is 31.5 Å². The first-order chi connectivity index (χ1) is 9.13. The number of methoxy groups -OCH3 is 1. The van der Waals surface area contributed by atoms with Gasteiger partial charge < -0.3 is 19.9 Å². The summed E-state index contributed by atoms with van der Waals surface area (Å²) in [4.78, 5) is 10.8. The summed E-state index contributed by atoms with van der Waals surface area (Å²) in [5, 5.41) is 12.2. The van der Waals surface area contributed by atoms with Crippen molar-refractivity contribution in [3.05, 3.63) is 29.8 Å². The van der Waals surface area contributed by atoms with Gasteiger partial charge in [0.25, 0.3) is 0 Å². The molecule has 1 unspecified atom stereocenters. The number of hydrogen-bond donors (Lipinski definition) is 2. The van der Waals surface area contributed by atoms with Crippen LogP contribution in [0.1, 0.15) is 23.7 Å². The quantitative estimate of drug-likeness (QED) is 0.667. The van der Waals surface area contributed by atoms with Crippen LogP contribution in [0.25, 0.3) is 0 Å². The highest BCUT2D eigenvalue weighted by atomic mass is 16.5. The van der Waals surface area contributed by atoms with E-state index in [1.165, 1.54) is 6.07 Å². The van der Waals surface area contributed by atoms with Crippen LogP contribution < -0.4 is 10.1 Å². The van der Waals surface area contributed by atoms with Gasteiger partial charge >= 0.3 is 5.97 Å². The summed E-state index contributed by atoms with van der Waals surface area (Å²) < 4.78 is 10.5. The Bertz CT molecular complexity index is 395. The predicted octanol–water partition coefficient (Wildman–Crippen LogP) is 1.78. The average Bonchev–Trinajstić information content (AvgIpc) is 2.41. The first-order valence-electron chi connectivity index (χ1n) is 6.32. The third kappa shape index (κ3) is 6.22. The molecule has 0 bridgehead atoms. The molecular formula is C14H21NO4. The number of carboxylic acid groups (broad SMARTS) is 1. The zero-order chi connectivity index (χ0) is 14.1. The highest BCUT2D eigenvalue weighted by Crippen LogP contribution is 2.12. The molecule has 0 aliphatic carbocycles. The third-order valence-electron chi connectivity index (χ3n) is 2.70. The highest BCUT2D eigenvalue weighted by Gasteiger charge is 2.04. The van der Waals surface area contributed by atoms with Gasteiger partial charge in [-0.1, -0.05) is 6.07 Å². The van der Waals surface area contributed by atoms with E-state index in [1.54, 1.807) is 25.3 Å². The van der Waals surface area contributed by atoms with Crippen LogP contribution in [0.5, 0.6) is 5.75 Å². The molecule has 106 valence electrons. The number of aromatic carboxylic acids is 1. The van der Waals surface area contributed by atoms with Gasteiger partial charge in [0.15, 0.2) is 0 Å². The number of rotatable bonds is 9. The lowest BCUT2D eigenvalue weighted by Crippen LogP contribution is -2.31. The maximum atomic E-state index is 10.8. The number of carboxylic acids is 1. The molecule has 0 spiro atoms. The van der Waals surface area contributed by atoms with Crippen LogP contribution in [-0.4, -0.2) is 44.0 Å². The van der Waals surface area contributed by atoms with E-state index in [1.807, 2.05) is 0 Å². The van der Waals surface area contributed by atoms with Crippen LogP contribution in [0.2, 0.25) is 0 Å². The summed E-state index contributed by atoms with van der Waals surface area (Å²) in [5.74, 6) is -0.372. The van der Waals surface area contributed by atoms with Crippen molar-refractivity contribution in [2.75, 3.05) is 26.9 Å². The van der Waals surface area contributed by atoms with E-state index >= 15 is 0 Å². The Kier molecular flexibility index (Phi) is 6.92. The maximum absolute atomic E-state index is 10.8. The van der Waals surface area contributed by atoms with Crippen LogP contribution in [0.4, 0.5) is 0 Å². The fourth-order valence-electron chi connectivity index (χ4n) is 1.59. The first kappa shape index (κ1) is 15.5. The summed E-state index contributed by atoms with van der Waals surface area (Å²) in [6, 6.07) is 6.86. The maximum Gasteiger partial charge on any atom is 0.335 e. The molecule has 0 aliphatic heterocycles. The number of nitrogens with one attached hydrogen (secondary N) is 1. The minimum absolute atomic E-state index is 0.235. The molecule has 0 heterocycles. The SMILES string of the molecule is COCCC(C)NCCOc1cccc(C(=O)O)c1. The number of ether oxygens (including phenoxy) is 2. The summed E-state index contributed by atoms with van der Waals surface area (Å²) in [5.41, 5.74) is 0.235. The van der Waals surface area contributed by atoms with E-state index in [9.17, 15) is 4.79 Å². The molecule has 0 aromatic heterocycles. The van der Waals surface area contributed by atoms with Crippen molar-refractivity contribution < 1.29 is 19.4 Å². The van der Waals surface area contributed by atoms with Crippen LogP contribution >= 0.6 is 0 Å². The third-order valence-corrected chi connectivity index (χ3v) is 2.70. The fraction of sp³-hybridized carbons (Fsp3) is 0.500. The Balaban J connectivity index is 2.25. The van der Waals surface area contributed by atoms with Crippen molar-refractivity contribution in [3.8, 4) is 5.75 Å². The average molecular weight is 267 g/mol. The second-order valence-electron chi connectivity index (χ2n) is 4.32. The molecule has 0 saturated carbocycles. The normalized spacial score (nSPS) is 12.1. The van der Waals surface area contributed by atoms with Crippen LogP contribution in [-0.2, 0) is 4.74 Å². The van der Waals surface area contributed by atoms with Gasteiger partial charge in [-0.15, -0.1) is 0 Å². The minimum atomic E-state index is -0.947. The molecule has 5 heteroatoms. The van der Waals surface area contributed by atoms with Crippen molar-refractivity contribution >= 4 is 5.97 Å². The molecule has 0 aliphatic rings. The molecule has 0 saturated heterocycles. The van der Waals surface area contributed by atoms with Gasteiger partial charge in [-0.2, -0.15) is 0 Å². The second kappa shape index (κ2) is 8.50. The lowest BCUT2D eigenvalue weighted by molar-refractivity contribution is 0.0696. The molecule has 0 amide bonds. The van der Waals surface area contributed by atoms with E-state index < -0.39 is 5.97 Å². The van der Waals surface area contributed by atoms with E-state index in [0.29, 0.717) is 24.9 Å². The molecule has 0 radical (unpaired) electrons. The molecule has 1 rings (SSSR count). The molecule has 5 nitrogen and oxygen atoms in total. The molecular weight excluding hydrogens is 246 g/mol. The van der Waals surface area contributed by atoms with Crippen LogP contribution in [0.15, 0.2) is 24.3 Å². The lowest BCUT2D eigenvalue weighted by Gasteiger charge is -2.13. The summed E-state index contributed by atoms with van der Waals surface area (Å²) in [6.07, 6.45) is 0.949. The van der Waals surface area contributed by atoms with Crippen molar-refractivity contribution in [3.63, 3.8) is 0 Å². The fourth-order valence-corrected chi connectivity index (χ4v) is 1.59. The van der Waals surface area contributed by atoms with Gasteiger partial charge in [0.1, 0.15) is 12.4 Å². The summed E-state index contributed by atoms with van der Waals surface area (Å²) >= 11 is 0. The monoisotopic (exact) mass is 267 g/mol. The summed E-state index contributed by atoms with van der Waals surface area (Å²) in [7, 11) is 1.69. The van der Waals surface area contributed by atoms with E-state index in [4.69, 9.17) is 14.6 Å². The standard InChI is InChI=1S/C14H21NO4/c1-11(6-8-18-2)15-7-9-19-13-5-3-4-12(10-13)14(16)17/h3-5,10-11,15H,6-9H2,1-2H3,(H,16,17). The first-order valence-corrected chi connectivity index (χ1v) is 6.32. The minimum Gasteiger partial charge on any atom is -0.492 e. The zero-order valence-corrected chi connectivity index (χ0v) is 11.4. The number of benzene rings is 1. The largest absolute Gasteiger partial charge is 0.492 e. The Morgan fingerprint density at radius 1 is 1.42 bits per heavy atom. The van der Waals surface area contributed by atoms with Crippen molar-refractivity contribution in [1.82, 2.24) is 5.32 Å². The molecule has 1 aromatic carbocycles. The van der Waals surface area contributed by atoms with Crippen molar-refractivity contribution in [2.24, 2.45) is 0 Å². The van der Waals surface area contributed by atoms with Crippen LogP contribution in [0, 0.1) is 0 Å². The lowest BCUT2D eigenvalue weighted by atomic mass is 10.2. The van der Waals surface area contributed by atoms with Gasteiger partial charge in [-0.3, -0.25) is 0 Å². The molecule has 1 atom stereocenters. The van der Waals surface area contributed by atoms with Gasteiger partial charge in [0.2, 0.25) is 0 Å². The Morgan fingerprint density at radius 3 is 2.89 bits per heavy atom. The second-order valence-corrected chi connectivity index (χ2v) is 4.32. The highest BCUT2D eigenvalue weighted by molar-refractivity contribution is 5.87. The van der Waals surface area contributed by atoms with Gasteiger partial charge in [-0.25, -0.2) is 4.79 Å². The molecule has 0 fully saturated rings. The Hall–Kier alpha value is -1.59. The van der Waals surface area contributed by atoms with E-state index in [0.717, 1.165) is 13.0 Å². The molecule has 2 N–H and O–H groups in total. The van der Waals surface area contributed by atoms with Crippen LogP contribution in [0.3, 0.4) is 0 Å². The van der Waals surface area contributed by atoms with E-state index in [-0.39, 0.29) is 5.56 Å². The van der Waals surface area contributed by atoms with Gasteiger partial charge in [0, 0.05) is 26.3 Å².